The number of methoxy groups -OCH3 is 1. The first-order valence-electron chi connectivity index (χ1n) is 7.08. The van der Waals surface area contributed by atoms with E-state index in [0.717, 1.165) is 24.4 Å². The van der Waals surface area contributed by atoms with Crippen LogP contribution in [0.15, 0.2) is 42.5 Å². The molecule has 0 aromatic heterocycles. The van der Waals surface area contributed by atoms with Crippen molar-refractivity contribution in [1.29, 1.82) is 0 Å². The van der Waals surface area contributed by atoms with E-state index in [-0.39, 0.29) is 0 Å². The van der Waals surface area contributed by atoms with Gasteiger partial charge in [-0.05, 0) is 43.0 Å². The molecule has 0 unspecified atom stereocenters. The summed E-state index contributed by atoms with van der Waals surface area (Å²) in [4.78, 5) is 2.37. The average molecular weight is 268 g/mol. The van der Waals surface area contributed by atoms with Crippen LogP contribution >= 0.6 is 0 Å². The summed E-state index contributed by atoms with van der Waals surface area (Å²) in [7, 11) is 1.66. The third-order valence-electron chi connectivity index (χ3n) is 3.89. The zero-order chi connectivity index (χ0) is 13.9. The Morgan fingerprint density at radius 1 is 1.10 bits per heavy atom. The van der Waals surface area contributed by atoms with Gasteiger partial charge in [0, 0.05) is 24.0 Å². The van der Waals surface area contributed by atoms with E-state index in [2.05, 4.69) is 35.2 Å². The van der Waals surface area contributed by atoms with Gasteiger partial charge in [0.25, 0.3) is 0 Å². The lowest BCUT2D eigenvalue weighted by Crippen LogP contribution is -2.18. The summed E-state index contributed by atoms with van der Waals surface area (Å²) < 4.78 is 5.34. The quantitative estimate of drug-likeness (QED) is 0.843. The summed E-state index contributed by atoms with van der Waals surface area (Å²) in [5.74, 6) is 0.740. The molecule has 20 heavy (non-hydrogen) atoms. The van der Waals surface area contributed by atoms with E-state index in [1.165, 1.54) is 24.1 Å². The molecular formula is C17H20N2O. The molecular weight excluding hydrogens is 248 g/mol. The molecule has 0 saturated carbocycles. The molecule has 2 aromatic rings. The first-order chi connectivity index (χ1) is 9.79. The SMILES string of the molecule is COc1cc(N2CCCCc3ccccc32)ccc1N. The van der Waals surface area contributed by atoms with Gasteiger partial charge in [0.05, 0.1) is 12.8 Å². The van der Waals surface area contributed by atoms with E-state index in [0.29, 0.717) is 5.69 Å². The van der Waals surface area contributed by atoms with Crippen LogP contribution in [0.1, 0.15) is 18.4 Å². The Balaban J connectivity index is 2.05. The minimum absolute atomic E-state index is 0.680. The molecule has 104 valence electrons. The second-order valence-electron chi connectivity index (χ2n) is 5.16. The summed E-state index contributed by atoms with van der Waals surface area (Å²) >= 11 is 0. The number of para-hydroxylation sites is 1. The van der Waals surface area contributed by atoms with Crippen molar-refractivity contribution >= 4 is 17.1 Å². The Morgan fingerprint density at radius 2 is 1.95 bits per heavy atom. The zero-order valence-corrected chi connectivity index (χ0v) is 11.8. The Bertz CT molecular complexity index is 610. The number of aryl methyl sites for hydroxylation is 1. The van der Waals surface area contributed by atoms with Gasteiger partial charge in [0.1, 0.15) is 5.75 Å². The van der Waals surface area contributed by atoms with Crippen molar-refractivity contribution < 1.29 is 4.74 Å². The highest BCUT2D eigenvalue weighted by molar-refractivity contribution is 5.71. The minimum Gasteiger partial charge on any atom is -0.495 e. The second kappa shape index (κ2) is 5.45. The van der Waals surface area contributed by atoms with Crippen LogP contribution in [-0.2, 0) is 6.42 Å². The molecule has 0 spiro atoms. The number of rotatable bonds is 2. The topological polar surface area (TPSA) is 38.5 Å². The first-order valence-corrected chi connectivity index (χ1v) is 7.08. The van der Waals surface area contributed by atoms with Gasteiger partial charge in [-0.3, -0.25) is 0 Å². The largest absolute Gasteiger partial charge is 0.495 e. The molecule has 2 aromatic carbocycles. The average Bonchev–Trinajstić information content (AvgIpc) is 2.70. The fraction of sp³-hybridized carbons (Fsp3) is 0.294. The number of fused-ring (bicyclic) bond motifs is 1. The number of nitrogen functional groups attached to an aromatic ring is 1. The fourth-order valence-corrected chi connectivity index (χ4v) is 2.83. The van der Waals surface area contributed by atoms with Crippen molar-refractivity contribution in [2.75, 3.05) is 24.3 Å². The van der Waals surface area contributed by atoms with Crippen molar-refractivity contribution in [3.05, 3.63) is 48.0 Å². The van der Waals surface area contributed by atoms with E-state index >= 15 is 0 Å². The third kappa shape index (κ3) is 2.31. The monoisotopic (exact) mass is 268 g/mol. The van der Waals surface area contributed by atoms with E-state index in [9.17, 15) is 0 Å². The summed E-state index contributed by atoms with van der Waals surface area (Å²) in [6.45, 7) is 1.03. The molecule has 0 radical (unpaired) electrons. The highest BCUT2D eigenvalue weighted by Gasteiger charge is 2.17. The van der Waals surface area contributed by atoms with E-state index in [1.807, 2.05) is 12.1 Å². The molecule has 2 N–H and O–H groups in total. The molecule has 3 nitrogen and oxygen atoms in total. The van der Waals surface area contributed by atoms with Gasteiger partial charge in [0.2, 0.25) is 0 Å². The van der Waals surface area contributed by atoms with Crippen molar-refractivity contribution in [2.45, 2.75) is 19.3 Å². The number of nitrogens with zero attached hydrogens (tertiary/aromatic N) is 1. The Labute approximate surface area is 120 Å². The third-order valence-corrected chi connectivity index (χ3v) is 3.89. The molecule has 0 saturated heterocycles. The smallest absolute Gasteiger partial charge is 0.143 e. The van der Waals surface area contributed by atoms with Crippen LogP contribution in [0.3, 0.4) is 0 Å². The van der Waals surface area contributed by atoms with Gasteiger partial charge in [0.15, 0.2) is 0 Å². The first kappa shape index (κ1) is 12.9. The summed E-state index contributed by atoms with van der Waals surface area (Å²) in [5, 5.41) is 0. The molecule has 3 rings (SSSR count). The standard InChI is InChI=1S/C17H20N2O/c1-20-17-12-14(9-10-15(17)18)19-11-5-4-7-13-6-2-3-8-16(13)19/h2-3,6,8-10,12H,4-5,7,11,18H2,1H3. The number of ether oxygens (including phenoxy) is 1. The highest BCUT2D eigenvalue weighted by atomic mass is 16.5. The van der Waals surface area contributed by atoms with Crippen LogP contribution in [0.25, 0.3) is 0 Å². The maximum absolute atomic E-state index is 5.91. The molecule has 0 amide bonds. The van der Waals surface area contributed by atoms with Crippen molar-refractivity contribution in [1.82, 2.24) is 0 Å². The van der Waals surface area contributed by atoms with E-state index in [4.69, 9.17) is 10.5 Å². The molecule has 1 heterocycles. The van der Waals surface area contributed by atoms with Gasteiger partial charge in [-0.1, -0.05) is 18.2 Å². The summed E-state index contributed by atoms with van der Waals surface area (Å²) in [6.07, 6.45) is 3.58. The van der Waals surface area contributed by atoms with Gasteiger partial charge in [-0.2, -0.15) is 0 Å². The maximum atomic E-state index is 5.91. The highest BCUT2D eigenvalue weighted by Crippen LogP contribution is 2.35. The van der Waals surface area contributed by atoms with Crippen molar-refractivity contribution in [2.24, 2.45) is 0 Å². The maximum Gasteiger partial charge on any atom is 0.143 e. The Morgan fingerprint density at radius 3 is 2.80 bits per heavy atom. The molecule has 1 aliphatic rings. The van der Waals surface area contributed by atoms with Crippen LogP contribution in [0, 0.1) is 0 Å². The molecule has 3 heteroatoms. The summed E-state index contributed by atoms with van der Waals surface area (Å²) in [5.41, 5.74) is 10.5. The van der Waals surface area contributed by atoms with Gasteiger partial charge in [-0.25, -0.2) is 0 Å². The number of hydrogen-bond donors (Lipinski definition) is 1. The van der Waals surface area contributed by atoms with Crippen molar-refractivity contribution in [3.8, 4) is 5.75 Å². The molecule has 0 fully saturated rings. The Kier molecular flexibility index (Phi) is 3.50. The number of benzene rings is 2. The Hall–Kier alpha value is -2.16. The van der Waals surface area contributed by atoms with E-state index in [1.54, 1.807) is 7.11 Å². The fourth-order valence-electron chi connectivity index (χ4n) is 2.83. The van der Waals surface area contributed by atoms with Gasteiger partial charge < -0.3 is 15.4 Å². The predicted octanol–water partition coefficient (Wildman–Crippen LogP) is 3.75. The summed E-state index contributed by atoms with van der Waals surface area (Å²) in [6, 6.07) is 14.7. The molecule has 0 bridgehead atoms. The lowest BCUT2D eigenvalue weighted by molar-refractivity contribution is 0.417. The van der Waals surface area contributed by atoms with Crippen LogP contribution in [0.2, 0.25) is 0 Å². The van der Waals surface area contributed by atoms with Gasteiger partial charge >= 0.3 is 0 Å². The van der Waals surface area contributed by atoms with Crippen LogP contribution < -0.4 is 15.4 Å². The van der Waals surface area contributed by atoms with Crippen LogP contribution in [-0.4, -0.2) is 13.7 Å². The number of anilines is 3. The molecule has 0 aliphatic carbocycles. The normalized spacial score (nSPS) is 14.6. The lowest BCUT2D eigenvalue weighted by atomic mass is 10.1. The number of hydrogen-bond acceptors (Lipinski definition) is 3. The van der Waals surface area contributed by atoms with E-state index < -0.39 is 0 Å². The second-order valence-corrected chi connectivity index (χ2v) is 5.16. The number of nitrogens with two attached hydrogens (primary N) is 1. The van der Waals surface area contributed by atoms with Crippen LogP contribution in [0.5, 0.6) is 5.75 Å². The van der Waals surface area contributed by atoms with Crippen molar-refractivity contribution in [3.63, 3.8) is 0 Å². The molecule has 1 aliphatic heterocycles. The predicted molar refractivity (Wildman–Crippen MR) is 83.8 cm³/mol. The minimum atomic E-state index is 0.680. The zero-order valence-electron chi connectivity index (χ0n) is 11.8. The van der Waals surface area contributed by atoms with Crippen LogP contribution in [0.4, 0.5) is 17.1 Å². The molecule has 0 atom stereocenters. The lowest BCUT2D eigenvalue weighted by Gasteiger charge is -2.25. The van der Waals surface area contributed by atoms with Gasteiger partial charge in [-0.15, -0.1) is 0 Å².